The Bertz CT molecular complexity index is 521. The zero-order valence-electron chi connectivity index (χ0n) is 12.2. The van der Waals surface area contributed by atoms with Crippen molar-refractivity contribution in [2.45, 2.75) is 31.7 Å². The third-order valence-electron chi connectivity index (χ3n) is 3.87. The van der Waals surface area contributed by atoms with Crippen LogP contribution in [0.1, 0.15) is 31.2 Å². The standard InChI is InChI=1S/C16H22N4O/c17-8-7-15-6-1-2-9-20(15)12-16(21)19-14-5-3-4-13(10-14)11-18/h3-5,10,15H,1-2,6-9,12,17H2,(H,19,21). The van der Waals surface area contributed by atoms with Gasteiger partial charge in [-0.1, -0.05) is 12.5 Å². The Kier molecular flexibility index (Phi) is 5.73. The average Bonchev–Trinajstić information content (AvgIpc) is 2.49. The topological polar surface area (TPSA) is 82.2 Å². The maximum Gasteiger partial charge on any atom is 0.238 e. The second kappa shape index (κ2) is 7.77. The molecule has 0 aromatic heterocycles. The number of rotatable bonds is 5. The zero-order chi connectivity index (χ0) is 15.1. The van der Waals surface area contributed by atoms with Gasteiger partial charge >= 0.3 is 0 Å². The van der Waals surface area contributed by atoms with E-state index in [1.807, 2.05) is 0 Å². The van der Waals surface area contributed by atoms with E-state index in [0.29, 0.717) is 30.4 Å². The fraction of sp³-hybridized carbons (Fsp3) is 0.500. The van der Waals surface area contributed by atoms with Crippen LogP contribution in [0.5, 0.6) is 0 Å². The summed E-state index contributed by atoms with van der Waals surface area (Å²) in [5.41, 5.74) is 6.87. The van der Waals surface area contributed by atoms with E-state index in [1.54, 1.807) is 24.3 Å². The lowest BCUT2D eigenvalue weighted by Gasteiger charge is -2.35. The van der Waals surface area contributed by atoms with Crippen molar-refractivity contribution >= 4 is 11.6 Å². The normalized spacial score (nSPS) is 19.0. The summed E-state index contributed by atoms with van der Waals surface area (Å²) in [4.78, 5) is 14.4. The molecule has 1 aromatic carbocycles. The number of nitrogens with two attached hydrogens (primary N) is 1. The Morgan fingerprint density at radius 1 is 1.48 bits per heavy atom. The van der Waals surface area contributed by atoms with E-state index in [4.69, 9.17) is 11.0 Å². The van der Waals surface area contributed by atoms with Crippen LogP contribution in [0.15, 0.2) is 24.3 Å². The molecule has 1 fully saturated rings. The maximum absolute atomic E-state index is 12.2. The number of nitrogens with zero attached hydrogens (tertiary/aromatic N) is 2. The summed E-state index contributed by atoms with van der Waals surface area (Å²) in [6, 6.07) is 9.46. The molecule has 1 amide bonds. The van der Waals surface area contributed by atoms with Crippen molar-refractivity contribution in [1.29, 1.82) is 5.26 Å². The van der Waals surface area contributed by atoms with Gasteiger partial charge < -0.3 is 11.1 Å². The van der Waals surface area contributed by atoms with E-state index < -0.39 is 0 Å². The number of piperidine rings is 1. The van der Waals surface area contributed by atoms with Crippen LogP contribution in [0.25, 0.3) is 0 Å². The van der Waals surface area contributed by atoms with E-state index in [1.165, 1.54) is 6.42 Å². The number of benzene rings is 1. The summed E-state index contributed by atoms with van der Waals surface area (Å²) >= 11 is 0. The minimum absolute atomic E-state index is 0.0333. The number of hydrogen-bond acceptors (Lipinski definition) is 4. The Hall–Kier alpha value is -1.90. The van der Waals surface area contributed by atoms with Gasteiger partial charge in [-0.15, -0.1) is 0 Å². The molecule has 0 radical (unpaired) electrons. The van der Waals surface area contributed by atoms with E-state index >= 15 is 0 Å². The Morgan fingerprint density at radius 2 is 2.33 bits per heavy atom. The fourth-order valence-electron chi connectivity index (χ4n) is 2.84. The lowest BCUT2D eigenvalue weighted by Crippen LogP contribution is -2.44. The van der Waals surface area contributed by atoms with Gasteiger partial charge in [0.05, 0.1) is 18.2 Å². The quantitative estimate of drug-likeness (QED) is 0.863. The Balaban J connectivity index is 1.92. The monoisotopic (exact) mass is 286 g/mol. The van der Waals surface area contributed by atoms with Gasteiger partial charge in [-0.25, -0.2) is 0 Å². The maximum atomic E-state index is 12.2. The van der Waals surface area contributed by atoms with Gasteiger partial charge in [-0.2, -0.15) is 5.26 Å². The minimum atomic E-state index is -0.0333. The number of amides is 1. The smallest absolute Gasteiger partial charge is 0.238 e. The molecule has 21 heavy (non-hydrogen) atoms. The second-order valence-corrected chi connectivity index (χ2v) is 5.44. The number of carbonyl (C=O) groups excluding carboxylic acids is 1. The van der Waals surface area contributed by atoms with Crippen molar-refractivity contribution in [2.75, 3.05) is 25.0 Å². The largest absolute Gasteiger partial charge is 0.330 e. The summed E-state index contributed by atoms with van der Waals surface area (Å²) in [7, 11) is 0. The third-order valence-corrected chi connectivity index (χ3v) is 3.87. The first-order valence-corrected chi connectivity index (χ1v) is 7.47. The van der Waals surface area contributed by atoms with E-state index in [2.05, 4.69) is 16.3 Å². The molecule has 5 heteroatoms. The van der Waals surface area contributed by atoms with Crippen LogP contribution in [0, 0.1) is 11.3 Å². The van der Waals surface area contributed by atoms with E-state index in [0.717, 1.165) is 25.8 Å². The molecule has 0 saturated carbocycles. The van der Waals surface area contributed by atoms with E-state index in [-0.39, 0.29) is 5.91 Å². The van der Waals surface area contributed by atoms with Crippen molar-refractivity contribution in [3.05, 3.63) is 29.8 Å². The minimum Gasteiger partial charge on any atom is -0.330 e. The summed E-state index contributed by atoms with van der Waals surface area (Å²) in [5, 5.41) is 11.7. The molecule has 1 unspecified atom stereocenters. The lowest BCUT2D eigenvalue weighted by atomic mass is 9.99. The molecule has 5 nitrogen and oxygen atoms in total. The number of hydrogen-bond donors (Lipinski definition) is 2. The first kappa shape index (κ1) is 15.5. The SMILES string of the molecule is N#Cc1cccc(NC(=O)CN2CCCCC2CCN)c1. The second-order valence-electron chi connectivity index (χ2n) is 5.44. The third kappa shape index (κ3) is 4.55. The molecule has 1 aliphatic rings. The highest BCUT2D eigenvalue weighted by molar-refractivity contribution is 5.92. The Morgan fingerprint density at radius 3 is 3.10 bits per heavy atom. The molecule has 1 aliphatic heterocycles. The number of anilines is 1. The molecule has 1 aromatic rings. The molecule has 2 rings (SSSR count). The van der Waals surface area contributed by atoms with Gasteiger partial charge in [0.15, 0.2) is 0 Å². The molecule has 0 spiro atoms. The Labute approximate surface area is 125 Å². The van der Waals surface area contributed by atoms with Crippen LogP contribution in [-0.4, -0.2) is 36.5 Å². The number of carbonyl (C=O) groups is 1. The highest BCUT2D eigenvalue weighted by atomic mass is 16.2. The van der Waals surface area contributed by atoms with E-state index in [9.17, 15) is 4.79 Å². The summed E-state index contributed by atoms with van der Waals surface area (Å²) < 4.78 is 0. The highest BCUT2D eigenvalue weighted by Gasteiger charge is 2.23. The van der Waals surface area contributed by atoms with Crippen LogP contribution in [0.4, 0.5) is 5.69 Å². The van der Waals surface area contributed by atoms with Crippen molar-refractivity contribution in [3.63, 3.8) is 0 Å². The number of nitriles is 1. The van der Waals surface area contributed by atoms with Gasteiger partial charge in [0, 0.05) is 11.7 Å². The van der Waals surface area contributed by atoms with Crippen LogP contribution in [0.3, 0.4) is 0 Å². The van der Waals surface area contributed by atoms with Crippen molar-refractivity contribution in [3.8, 4) is 6.07 Å². The van der Waals surface area contributed by atoms with Gasteiger partial charge in [0.25, 0.3) is 0 Å². The van der Waals surface area contributed by atoms with Crippen molar-refractivity contribution in [2.24, 2.45) is 5.73 Å². The number of likely N-dealkylation sites (tertiary alicyclic amines) is 1. The van der Waals surface area contributed by atoms with Crippen LogP contribution >= 0.6 is 0 Å². The lowest BCUT2D eigenvalue weighted by molar-refractivity contribution is -0.118. The highest BCUT2D eigenvalue weighted by Crippen LogP contribution is 2.19. The van der Waals surface area contributed by atoms with Gasteiger partial charge in [0.1, 0.15) is 0 Å². The average molecular weight is 286 g/mol. The summed E-state index contributed by atoms with van der Waals surface area (Å²) in [6.07, 6.45) is 4.41. The van der Waals surface area contributed by atoms with Gasteiger partial charge in [-0.3, -0.25) is 9.69 Å². The number of nitrogens with one attached hydrogen (secondary N) is 1. The summed E-state index contributed by atoms with van der Waals surface area (Å²) in [6.45, 7) is 2.00. The molecule has 1 saturated heterocycles. The predicted molar refractivity (Wildman–Crippen MR) is 82.7 cm³/mol. The molecule has 0 aliphatic carbocycles. The summed E-state index contributed by atoms with van der Waals surface area (Å²) in [5.74, 6) is -0.0333. The molecule has 0 bridgehead atoms. The first-order valence-electron chi connectivity index (χ1n) is 7.47. The van der Waals surface area contributed by atoms with Crippen molar-refractivity contribution < 1.29 is 4.79 Å². The van der Waals surface area contributed by atoms with Crippen LogP contribution in [0.2, 0.25) is 0 Å². The van der Waals surface area contributed by atoms with Crippen molar-refractivity contribution in [1.82, 2.24) is 4.90 Å². The molecular formula is C16H22N4O. The predicted octanol–water partition coefficient (Wildman–Crippen LogP) is 1.70. The molecule has 112 valence electrons. The first-order chi connectivity index (χ1) is 10.2. The molecule has 3 N–H and O–H groups in total. The molecule has 1 atom stereocenters. The van der Waals surface area contributed by atoms with Crippen LogP contribution < -0.4 is 11.1 Å². The van der Waals surface area contributed by atoms with Crippen LogP contribution in [-0.2, 0) is 4.79 Å². The van der Waals surface area contributed by atoms with Gasteiger partial charge in [-0.05, 0) is 50.6 Å². The molecule has 1 heterocycles. The van der Waals surface area contributed by atoms with Gasteiger partial charge in [0.2, 0.25) is 5.91 Å². The molecular weight excluding hydrogens is 264 g/mol. The zero-order valence-corrected chi connectivity index (χ0v) is 12.2. The fourth-order valence-corrected chi connectivity index (χ4v) is 2.84.